The molecule has 0 unspecified atom stereocenters. The number of pyridine rings is 1. The molecule has 8 heteroatoms. The van der Waals surface area contributed by atoms with Crippen molar-refractivity contribution in [2.75, 3.05) is 36.0 Å². The van der Waals surface area contributed by atoms with Gasteiger partial charge in [-0.1, -0.05) is 0 Å². The molecule has 7 nitrogen and oxygen atoms in total. The van der Waals surface area contributed by atoms with E-state index in [0.29, 0.717) is 0 Å². The molecule has 1 fully saturated rings. The van der Waals surface area contributed by atoms with Crippen molar-refractivity contribution in [3.8, 4) is 5.82 Å². The van der Waals surface area contributed by atoms with Crippen molar-refractivity contribution >= 4 is 11.6 Å². The van der Waals surface area contributed by atoms with Crippen LogP contribution < -0.4 is 9.80 Å². The van der Waals surface area contributed by atoms with Crippen LogP contribution in [-0.4, -0.2) is 50.9 Å². The normalized spacial score (nSPS) is 14.8. The van der Waals surface area contributed by atoms with E-state index < -0.39 is 0 Å². The largest absolute Gasteiger partial charge is 0.353 e. The van der Waals surface area contributed by atoms with Crippen molar-refractivity contribution in [2.45, 2.75) is 6.92 Å². The minimum atomic E-state index is -0.315. The van der Waals surface area contributed by atoms with Crippen LogP contribution in [0.5, 0.6) is 0 Å². The Morgan fingerprint density at radius 3 is 2.24 bits per heavy atom. The summed E-state index contributed by atoms with van der Waals surface area (Å²) in [5.74, 6) is 2.12. The predicted octanol–water partition coefficient (Wildman–Crippen LogP) is 1.83. The molecular weight excluding hydrogens is 321 g/mol. The van der Waals surface area contributed by atoms with Crippen molar-refractivity contribution in [1.82, 2.24) is 24.7 Å². The quantitative estimate of drug-likeness (QED) is 0.725. The Morgan fingerprint density at radius 1 is 0.880 bits per heavy atom. The summed E-state index contributed by atoms with van der Waals surface area (Å²) in [6.07, 6.45) is 4.71. The first-order valence-corrected chi connectivity index (χ1v) is 8.15. The Balaban J connectivity index is 1.46. The maximum Gasteiger partial charge on any atom is 0.158 e. The highest BCUT2D eigenvalue weighted by atomic mass is 19.1. The second-order valence-electron chi connectivity index (χ2n) is 5.94. The molecule has 0 spiro atoms. The summed E-state index contributed by atoms with van der Waals surface area (Å²) in [6, 6.07) is 7.04. The molecule has 1 aliphatic heterocycles. The van der Waals surface area contributed by atoms with Crippen molar-refractivity contribution < 1.29 is 4.39 Å². The van der Waals surface area contributed by atoms with Gasteiger partial charge in [-0.15, -0.1) is 0 Å². The fourth-order valence-electron chi connectivity index (χ4n) is 2.90. The van der Waals surface area contributed by atoms with Gasteiger partial charge in [-0.05, 0) is 25.1 Å². The molecule has 3 aromatic rings. The van der Waals surface area contributed by atoms with Gasteiger partial charge < -0.3 is 9.80 Å². The summed E-state index contributed by atoms with van der Waals surface area (Å²) in [4.78, 5) is 17.2. The van der Waals surface area contributed by atoms with Crippen molar-refractivity contribution in [2.24, 2.45) is 0 Å². The molecule has 0 atom stereocenters. The smallest absolute Gasteiger partial charge is 0.158 e. The number of nitrogens with zero attached hydrogens (tertiary/aromatic N) is 7. The average molecular weight is 339 g/mol. The number of halogens is 1. The van der Waals surface area contributed by atoms with Crippen LogP contribution in [0.4, 0.5) is 16.0 Å². The number of aryl methyl sites for hydroxylation is 1. The number of aromatic nitrogens is 5. The summed E-state index contributed by atoms with van der Waals surface area (Å²) in [5.41, 5.74) is 0.945. The number of piperazine rings is 1. The van der Waals surface area contributed by atoms with Crippen molar-refractivity contribution in [1.29, 1.82) is 0 Å². The maximum atomic E-state index is 13.0. The second-order valence-corrected chi connectivity index (χ2v) is 5.94. The van der Waals surface area contributed by atoms with Crippen LogP contribution >= 0.6 is 0 Å². The van der Waals surface area contributed by atoms with Gasteiger partial charge >= 0.3 is 0 Å². The Labute approximate surface area is 144 Å². The molecule has 0 radical (unpaired) electrons. The average Bonchev–Trinajstić information content (AvgIpc) is 3.09. The lowest BCUT2D eigenvalue weighted by atomic mass is 10.3. The van der Waals surface area contributed by atoms with E-state index >= 15 is 0 Å². The summed E-state index contributed by atoms with van der Waals surface area (Å²) in [7, 11) is 0. The van der Waals surface area contributed by atoms with Crippen LogP contribution in [0, 0.1) is 12.7 Å². The summed E-state index contributed by atoms with van der Waals surface area (Å²) < 4.78 is 14.8. The van der Waals surface area contributed by atoms with E-state index in [1.807, 2.05) is 25.3 Å². The van der Waals surface area contributed by atoms with Gasteiger partial charge in [-0.25, -0.2) is 24.0 Å². The number of rotatable bonds is 3. The van der Waals surface area contributed by atoms with E-state index in [4.69, 9.17) is 0 Å². The number of hydrogen-bond donors (Lipinski definition) is 0. The summed E-state index contributed by atoms with van der Waals surface area (Å²) >= 11 is 0. The minimum absolute atomic E-state index is 0.315. The van der Waals surface area contributed by atoms with Crippen LogP contribution in [0.1, 0.15) is 5.69 Å². The molecule has 4 heterocycles. The van der Waals surface area contributed by atoms with Crippen LogP contribution in [0.15, 0.2) is 43.0 Å². The van der Waals surface area contributed by atoms with Gasteiger partial charge in [0.2, 0.25) is 0 Å². The first-order chi connectivity index (χ1) is 12.2. The van der Waals surface area contributed by atoms with Crippen molar-refractivity contribution in [3.05, 3.63) is 54.5 Å². The zero-order valence-corrected chi connectivity index (χ0v) is 13.9. The number of anilines is 2. The fraction of sp³-hybridized carbons (Fsp3) is 0.294. The second kappa shape index (κ2) is 6.46. The van der Waals surface area contributed by atoms with E-state index in [0.717, 1.165) is 49.3 Å². The standard InChI is InChI=1S/C17H18FN7/c1-13-4-5-25(22-13)17-10-16(20-12-21-17)24-8-6-23(7-9-24)15-3-2-14(18)11-19-15/h2-5,10-12H,6-9H2,1H3. The Kier molecular flexibility index (Phi) is 4.01. The molecular formula is C17H18FN7. The van der Waals surface area contributed by atoms with E-state index in [-0.39, 0.29) is 5.82 Å². The fourth-order valence-corrected chi connectivity index (χ4v) is 2.90. The molecule has 0 N–H and O–H groups in total. The molecule has 0 aromatic carbocycles. The van der Waals surface area contributed by atoms with E-state index in [1.165, 1.54) is 12.3 Å². The van der Waals surface area contributed by atoms with Crippen molar-refractivity contribution in [3.63, 3.8) is 0 Å². The maximum absolute atomic E-state index is 13.0. The Bertz CT molecular complexity index is 853. The van der Waals surface area contributed by atoms with E-state index in [2.05, 4.69) is 29.9 Å². The molecule has 1 aliphatic rings. The molecule has 25 heavy (non-hydrogen) atoms. The lowest BCUT2D eigenvalue weighted by Crippen LogP contribution is -2.47. The molecule has 0 bridgehead atoms. The third kappa shape index (κ3) is 3.28. The Hall–Kier alpha value is -3.03. The van der Waals surface area contributed by atoms with Gasteiger partial charge in [-0.3, -0.25) is 0 Å². The lowest BCUT2D eigenvalue weighted by Gasteiger charge is -2.36. The monoisotopic (exact) mass is 339 g/mol. The summed E-state index contributed by atoms with van der Waals surface area (Å²) in [6.45, 7) is 5.18. The third-order valence-electron chi connectivity index (χ3n) is 4.23. The highest BCUT2D eigenvalue weighted by Gasteiger charge is 2.19. The van der Waals surface area contributed by atoms with E-state index in [1.54, 1.807) is 17.1 Å². The predicted molar refractivity (Wildman–Crippen MR) is 92.5 cm³/mol. The third-order valence-corrected chi connectivity index (χ3v) is 4.23. The highest BCUT2D eigenvalue weighted by molar-refractivity contribution is 5.47. The minimum Gasteiger partial charge on any atom is -0.353 e. The Morgan fingerprint density at radius 2 is 1.60 bits per heavy atom. The first-order valence-electron chi connectivity index (χ1n) is 8.15. The zero-order valence-electron chi connectivity index (χ0n) is 13.9. The van der Waals surface area contributed by atoms with Gasteiger partial charge in [0.15, 0.2) is 5.82 Å². The van der Waals surface area contributed by atoms with Gasteiger partial charge in [0.05, 0.1) is 11.9 Å². The first kappa shape index (κ1) is 15.5. The molecule has 0 saturated carbocycles. The molecule has 3 aromatic heterocycles. The number of hydrogen-bond acceptors (Lipinski definition) is 6. The SMILES string of the molecule is Cc1ccn(-c2cc(N3CCN(c4ccc(F)cn4)CC3)ncn2)n1. The van der Waals surface area contributed by atoms with Gasteiger partial charge in [-0.2, -0.15) is 5.10 Å². The van der Waals surface area contributed by atoms with Crippen LogP contribution in [0.25, 0.3) is 5.82 Å². The summed E-state index contributed by atoms with van der Waals surface area (Å²) in [5, 5.41) is 4.39. The lowest BCUT2D eigenvalue weighted by molar-refractivity contribution is 0.614. The van der Waals surface area contributed by atoms with Gasteiger partial charge in [0, 0.05) is 38.4 Å². The van der Waals surface area contributed by atoms with Crippen LogP contribution in [0.3, 0.4) is 0 Å². The van der Waals surface area contributed by atoms with Crippen LogP contribution in [-0.2, 0) is 0 Å². The van der Waals surface area contributed by atoms with Gasteiger partial charge in [0.1, 0.15) is 23.8 Å². The van der Waals surface area contributed by atoms with Crippen LogP contribution in [0.2, 0.25) is 0 Å². The zero-order chi connectivity index (χ0) is 17.2. The van der Waals surface area contributed by atoms with Gasteiger partial charge in [0.25, 0.3) is 0 Å². The van der Waals surface area contributed by atoms with E-state index in [9.17, 15) is 4.39 Å². The molecule has 4 rings (SSSR count). The topological polar surface area (TPSA) is 63.0 Å². The highest BCUT2D eigenvalue weighted by Crippen LogP contribution is 2.19. The molecule has 0 amide bonds. The molecule has 128 valence electrons. The molecule has 1 saturated heterocycles. The molecule has 0 aliphatic carbocycles.